The van der Waals surface area contributed by atoms with Crippen LogP contribution in [0.25, 0.3) is 0 Å². The molecule has 2 atom stereocenters. The highest BCUT2D eigenvalue weighted by Crippen LogP contribution is 2.29. The molecule has 1 saturated heterocycles. The van der Waals surface area contributed by atoms with Crippen molar-refractivity contribution in [1.82, 2.24) is 10.2 Å². The first-order valence-corrected chi connectivity index (χ1v) is 7.61. The van der Waals surface area contributed by atoms with Gasteiger partial charge in [-0.05, 0) is 30.5 Å². The van der Waals surface area contributed by atoms with Gasteiger partial charge in [0, 0.05) is 12.6 Å². The Morgan fingerprint density at radius 1 is 1.22 bits per heavy atom. The number of benzene rings is 1. The summed E-state index contributed by atoms with van der Waals surface area (Å²) >= 11 is 0. The van der Waals surface area contributed by atoms with Crippen LogP contribution < -0.4 is 5.32 Å². The summed E-state index contributed by atoms with van der Waals surface area (Å²) in [7, 11) is 1.32. The predicted molar refractivity (Wildman–Crippen MR) is 85.2 cm³/mol. The Bertz CT molecular complexity index is 646. The van der Waals surface area contributed by atoms with Crippen LogP contribution >= 0.6 is 0 Å². The molecule has 1 aromatic heterocycles. The highest BCUT2D eigenvalue weighted by Gasteiger charge is 2.24. The van der Waals surface area contributed by atoms with Gasteiger partial charge in [0.1, 0.15) is 5.82 Å². The average molecular weight is 313 g/mol. The lowest BCUT2D eigenvalue weighted by atomic mass is 9.97. The molecular weight excluding hydrogens is 294 g/mol. The van der Waals surface area contributed by atoms with E-state index in [2.05, 4.69) is 32.4 Å². The number of esters is 1. The molecule has 0 spiro atoms. The molecule has 1 aliphatic rings. The van der Waals surface area contributed by atoms with Gasteiger partial charge in [-0.25, -0.2) is 4.79 Å². The smallest absolute Gasteiger partial charge is 0.358 e. The maximum atomic E-state index is 11.4. The number of hydrogen-bond acceptors (Lipinski definition) is 6. The quantitative estimate of drug-likeness (QED) is 0.875. The minimum atomic E-state index is -0.487. The minimum absolute atomic E-state index is 0.0877. The Hall–Kier alpha value is -2.47. The Balaban J connectivity index is 1.62. The first-order chi connectivity index (χ1) is 11.3. The van der Waals surface area contributed by atoms with E-state index in [1.807, 2.05) is 18.2 Å². The first kappa shape index (κ1) is 15.4. The second-order valence-electron chi connectivity index (χ2n) is 5.43. The zero-order valence-corrected chi connectivity index (χ0v) is 12.9. The van der Waals surface area contributed by atoms with Crippen LogP contribution in [0.3, 0.4) is 0 Å². The molecule has 0 bridgehead atoms. The third kappa shape index (κ3) is 3.84. The first-order valence-electron chi connectivity index (χ1n) is 7.61. The molecule has 3 rings (SSSR count). The van der Waals surface area contributed by atoms with Gasteiger partial charge in [0.15, 0.2) is 5.69 Å². The van der Waals surface area contributed by atoms with Crippen LogP contribution in [0.2, 0.25) is 0 Å². The molecule has 1 N–H and O–H groups in total. The number of aromatic nitrogens is 2. The van der Waals surface area contributed by atoms with Gasteiger partial charge in [0.25, 0.3) is 0 Å². The summed E-state index contributed by atoms with van der Waals surface area (Å²) in [5, 5.41) is 11.3. The lowest BCUT2D eigenvalue weighted by molar-refractivity contribution is 0.00973. The van der Waals surface area contributed by atoms with Crippen molar-refractivity contribution in [3.63, 3.8) is 0 Å². The van der Waals surface area contributed by atoms with Crippen molar-refractivity contribution in [3.8, 4) is 0 Å². The molecule has 0 amide bonds. The maximum absolute atomic E-state index is 11.4. The minimum Gasteiger partial charge on any atom is -0.464 e. The molecule has 0 radical (unpaired) electrons. The molecular formula is C17H19N3O3. The molecule has 2 aromatic rings. The summed E-state index contributed by atoms with van der Waals surface area (Å²) in [5.41, 5.74) is 1.39. The number of carbonyl (C=O) groups is 1. The second-order valence-corrected chi connectivity index (χ2v) is 5.43. The van der Waals surface area contributed by atoms with Crippen LogP contribution in [0.15, 0.2) is 42.5 Å². The van der Waals surface area contributed by atoms with Crippen molar-refractivity contribution in [2.75, 3.05) is 19.0 Å². The van der Waals surface area contributed by atoms with Gasteiger partial charge in [-0.3, -0.25) is 0 Å². The van der Waals surface area contributed by atoms with E-state index in [0.29, 0.717) is 12.4 Å². The molecule has 2 heterocycles. The molecule has 120 valence electrons. The number of hydrogen-bond donors (Lipinski definition) is 1. The lowest BCUT2D eigenvalue weighted by Crippen LogP contribution is -2.30. The van der Waals surface area contributed by atoms with E-state index in [1.165, 1.54) is 12.7 Å². The van der Waals surface area contributed by atoms with E-state index in [-0.39, 0.29) is 17.8 Å². The largest absolute Gasteiger partial charge is 0.464 e. The van der Waals surface area contributed by atoms with Crippen LogP contribution in [-0.2, 0) is 9.47 Å². The fourth-order valence-corrected chi connectivity index (χ4v) is 2.66. The summed E-state index contributed by atoms with van der Waals surface area (Å²) in [6.07, 6.45) is 1.86. The van der Waals surface area contributed by atoms with Crippen LogP contribution in [-0.4, -0.2) is 35.9 Å². The van der Waals surface area contributed by atoms with Gasteiger partial charge in [-0.15, -0.1) is 10.2 Å². The lowest BCUT2D eigenvalue weighted by Gasteiger charge is -2.30. The fourth-order valence-electron chi connectivity index (χ4n) is 2.66. The van der Waals surface area contributed by atoms with Gasteiger partial charge in [0.05, 0.1) is 13.2 Å². The Kier molecular flexibility index (Phi) is 4.83. The van der Waals surface area contributed by atoms with E-state index in [9.17, 15) is 4.79 Å². The highest BCUT2D eigenvalue weighted by molar-refractivity contribution is 5.86. The topological polar surface area (TPSA) is 73.3 Å². The zero-order valence-electron chi connectivity index (χ0n) is 12.9. The molecule has 1 aliphatic heterocycles. The number of anilines is 1. The Morgan fingerprint density at radius 3 is 2.74 bits per heavy atom. The Labute approximate surface area is 134 Å². The van der Waals surface area contributed by atoms with Crippen LogP contribution in [0.4, 0.5) is 5.82 Å². The van der Waals surface area contributed by atoms with Crippen molar-refractivity contribution in [2.24, 2.45) is 0 Å². The maximum Gasteiger partial charge on any atom is 0.358 e. The zero-order chi connectivity index (χ0) is 16.1. The molecule has 23 heavy (non-hydrogen) atoms. The summed E-state index contributed by atoms with van der Waals surface area (Å²) < 4.78 is 10.5. The predicted octanol–water partition coefficient (Wildman–Crippen LogP) is 2.60. The van der Waals surface area contributed by atoms with Crippen molar-refractivity contribution < 1.29 is 14.3 Å². The number of ether oxygens (including phenoxy) is 2. The summed E-state index contributed by atoms with van der Waals surface area (Å²) in [6.45, 7) is 0.699. The summed E-state index contributed by atoms with van der Waals surface area (Å²) in [6, 6.07) is 13.8. The van der Waals surface area contributed by atoms with Gasteiger partial charge in [-0.2, -0.15) is 0 Å². The van der Waals surface area contributed by atoms with Crippen LogP contribution in [0, 0.1) is 0 Å². The second kappa shape index (κ2) is 7.19. The van der Waals surface area contributed by atoms with Crippen molar-refractivity contribution >= 4 is 11.8 Å². The number of carbonyl (C=O) groups excluding carboxylic acids is 1. The standard InChI is InChI=1S/C17H19N3O3/c1-22-17(21)14-7-8-16(20-19-14)18-13-9-10-23-15(11-13)12-5-3-2-4-6-12/h2-8,13,15H,9-11H2,1H3,(H,18,20)/t13-,15+/m1/s1. The van der Waals surface area contributed by atoms with Crippen LogP contribution in [0.5, 0.6) is 0 Å². The van der Waals surface area contributed by atoms with E-state index in [0.717, 1.165) is 12.8 Å². The third-order valence-electron chi connectivity index (χ3n) is 3.87. The molecule has 0 unspecified atom stereocenters. The highest BCUT2D eigenvalue weighted by atomic mass is 16.5. The fraction of sp³-hybridized carbons (Fsp3) is 0.353. The normalized spacial score (nSPS) is 20.7. The van der Waals surface area contributed by atoms with E-state index in [1.54, 1.807) is 12.1 Å². The van der Waals surface area contributed by atoms with Gasteiger partial charge in [0.2, 0.25) is 0 Å². The SMILES string of the molecule is COC(=O)c1ccc(N[C@@H]2CCO[C@H](c3ccccc3)C2)nn1. The Morgan fingerprint density at radius 2 is 2.04 bits per heavy atom. The van der Waals surface area contributed by atoms with Crippen molar-refractivity contribution in [1.29, 1.82) is 0 Å². The molecule has 6 nitrogen and oxygen atoms in total. The molecule has 6 heteroatoms. The number of nitrogens with one attached hydrogen (secondary N) is 1. The van der Waals surface area contributed by atoms with Gasteiger partial charge < -0.3 is 14.8 Å². The van der Waals surface area contributed by atoms with Gasteiger partial charge in [-0.1, -0.05) is 30.3 Å². The monoisotopic (exact) mass is 313 g/mol. The molecule has 1 aromatic carbocycles. The summed E-state index contributed by atoms with van der Waals surface area (Å²) in [5.74, 6) is 0.163. The van der Waals surface area contributed by atoms with E-state index in [4.69, 9.17) is 4.74 Å². The van der Waals surface area contributed by atoms with Crippen molar-refractivity contribution in [2.45, 2.75) is 25.0 Å². The number of rotatable bonds is 4. The molecule has 1 fully saturated rings. The van der Waals surface area contributed by atoms with Crippen LogP contribution in [0.1, 0.15) is 35.0 Å². The van der Waals surface area contributed by atoms with E-state index < -0.39 is 5.97 Å². The number of methoxy groups -OCH3 is 1. The van der Waals surface area contributed by atoms with E-state index >= 15 is 0 Å². The third-order valence-corrected chi connectivity index (χ3v) is 3.87. The average Bonchev–Trinajstić information content (AvgIpc) is 2.63. The van der Waals surface area contributed by atoms with Gasteiger partial charge >= 0.3 is 5.97 Å². The molecule has 0 aliphatic carbocycles. The molecule has 0 saturated carbocycles. The number of nitrogens with zero attached hydrogens (tertiary/aromatic N) is 2. The van der Waals surface area contributed by atoms with Crippen molar-refractivity contribution in [3.05, 3.63) is 53.7 Å². The summed E-state index contributed by atoms with van der Waals surface area (Å²) in [4.78, 5) is 11.4.